The maximum Gasteiger partial charge on any atom is 0.246 e. The lowest BCUT2D eigenvalue weighted by molar-refractivity contribution is 0.415. The fourth-order valence-electron chi connectivity index (χ4n) is 4.05. The first-order valence-corrected chi connectivity index (χ1v) is 11.6. The van der Waals surface area contributed by atoms with E-state index in [1.165, 1.54) is 0 Å². The molecule has 2 aromatic heterocycles. The van der Waals surface area contributed by atoms with E-state index in [4.69, 9.17) is 9.72 Å². The first-order chi connectivity index (χ1) is 14.8. The van der Waals surface area contributed by atoms with Gasteiger partial charge in [-0.3, -0.25) is 10.1 Å². The molecule has 31 heavy (non-hydrogen) atoms. The molecule has 8 nitrogen and oxygen atoms in total. The first-order valence-electron chi connectivity index (χ1n) is 10.2. The van der Waals surface area contributed by atoms with Crippen LogP contribution in [0.4, 0.5) is 11.4 Å². The zero-order valence-electron chi connectivity index (χ0n) is 18.1. The fraction of sp³-hybridized carbons (Fsp3) is 0.364. The number of aromatic amines is 1. The number of sulfonamides is 1. The standard InChI is InChI=1S/C22H27N5O3S/c1-14-11-19(24-18-5-7-20(30-4)8-6-18)12-21(23-14)17-9-10-27(13-17)31(28,29)22-15(2)25-26-16(22)3/h5-8,11-12,17H,9-10,13H2,1-4H3,(H,23,24)(H,25,26)/t17-/m0/s1. The number of rotatable bonds is 6. The second-order valence-electron chi connectivity index (χ2n) is 7.89. The molecule has 1 aliphatic rings. The van der Waals surface area contributed by atoms with Crippen molar-refractivity contribution in [1.82, 2.24) is 19.5 Å². The Balaban J connectivity index is 1.54. The van der Waals surface area contributed by atoms with Gasteiger partial charge in [-0.15, -0.1) is 0 Å². The maximum atomic E-state index is 13.2. The summed E-state index contributed by atoms with van der Waals surface area (Å²) in [5.74, 6) is 0.839. The molecule has 0 saturated carbocycles. The monoisotopic (exact) mass is 441 g/mol. The molecule has 0 unspecified atom stereocenters. The van der Waals surface area contributed by atoms with Gasteiger partial charge in [0.15, 0.2) is 0 Å². The topological polar surface area (TPSA) is 100 Å². The molecule has 9 heteroatoms. The predicted octanol–water partition coefficient (Wildman–Crippen LogP) is 3.66. The van der Waals surface area contributed by atoms with Crippen LogP contribution in [-0.4, -0.2) is 48.1 Å². The van der Waals surface area contributed by atoms with Gasteiger partial charge < -0.3 is 10.1 Å². The van der Waals surface area contributed by atoms with Crippen LogP contribution in [0.1, 0.15) is 35.1 Å². The number of hydrogen-bond donors (Lipinski definition) is 2. The van der Waals surface area contributed by atoms with Crippen LogP contribution in [0, 0.1) is 20.8 Å². The van der Waals surface area contributed by atoms with E-state index in [0.717, 1.165) is 34.9 Å². The zero-order chi connectivity index (χ0) is 22.2. The zero-order valence-corrected chi connectivity index (χ0v) is 19.0. The van der Waals surface area contributed by atoms with E-state index < -0.39 is 10.0 Å². The van der Waals surface area contributed by atoms with Crippen molar-refractivity contribution in [3.05, 3.63) is 59.2 Å². The highest BCUT2D eigenvalue weighted by Gasteiger charge is 2.36. The lowest BCUT2D eigenvalue weighted by Crippen LogP contribution is -2.29. The third-order valence-electron chi connectivity index (χ3n) is 5.58. The molecule has 3 heterocycles. The van der Waals surface area contributed by atoms with Gasteiger partial charge in [-0.25, -0.2) is 8.42 Å². The molecule has 1 fully saturated rings. The van der Waals surface area contributed by atoms with Crippen LogP contribution in [0.3, 0.4) is 0 Å². The lowest BCUT2D eigenvalue weighted by atomic mass is 10.0. The Morgan fingerprint density at radius 2 is 1.87 bits per heavy atom. The van der Waals surface area contributed by atoms with Crippen LogP contribution in [0.25, 0.3) is 0 Å². The van der Waals surface area contributed by atoms with Crippen molar-refractivity contribution in [3.63, 3.8) is 0 Å². The molecule has 3 aromatic rings. The Labute approximate surface area is 182 Å². The number of anilines is 2. The number of aryl methyl sites for hydroxylation is 3. The number of pyridine rings is 1. The van der Waals surface area contributed by atoms with Gasteiger partial charge >= 0.3 is 0 Å². The molecular formula is C22H27N5O3S. The molecule has 1 saturated heterocycles. The number of nitrogens with one attached hydrogen (secondary N) is 2. The second-order valence-corrected chi connectivity index (χ2v) is 9.76. The van der Waals surface area contributed by atoms with Gasteiger partial charge in [0.05, 0.1) is 18.5 Å². The number of aromatic nitrogens is 3. The average molecular weight is 442 g/mol. The van der Waals surface area contributed by atoms with Crippen molar-refractivity contribution in [2.45, 2.75) is 38.0 Å². The van der Waals surface area contributed by atoms with Crippen LogP contribution in [-0.2, 0) is 10.0 Å². The number of hydrogen-bond acceptors (Lipinski definition) is 6. The molecule has 1 atom stereocenters. The van der Waals surface area contributed by atoms with Gasteiger partial charge in [-0.05, 0) is 63.6 Å². The van der Waals surface area contributed by atoms with Crippen LogP contribution < -0.4 is 10.1 Å². The number of methoxy groups -OCH3 is 1. The summed E-state index contributed by atoms with van der Waals surface area (Å²) in [7, 11) is -1.95. The number of ether oxygens (including phenoxy) is 1. The van der Waals surface area contributed by atoms with E-state index >= 15 is 0 Å². The molecule has 4 rings (SSSR count). The number of benzene rings is 1. The average Bonchev–Trinajstić information content (AvgIpc) is 3.36. The normalized spacial score (nSPS) is 17.1. The van der Waals surface area contributed by atoms with E-state index in [-0.39, 0.29) is 10.8 Å². The second kappa shape index (κ2) is 8.32. The Morgan fingerprint density at radius 3 is 2.52 bits per heavy atom. The highest BCUT2D eigenvalue weighted by molar-refractivity contribution is 7.89. The highest BCUT2D eigenvalue weighted by atomic mass is 32.2. The highest BCUT2D eigenvalue weighted by Crippen LogP contribution is 2.33. The Morgan fingerprint density at radius 1 is 1.13 bits per heavy atom. The van der Waals surface area contributed by atoms with E-state index in [0.29, 0.717) is 24.5 Å². The van der Waals surface area contributed by atoms with Gasteiger partial charge in [0.2, 0.25) is 10.0 Å². The quantitative estimate of drug-likeness (QED) is 0.606. The van der Waals surface area contributed by atoms with Crippen LogP contribution in [0.2, 0.25) is 0 Å². The third kappa shape index (κ3) is 4.28. The Hall–Kier alpha value is -2.91. The van der Waals surface area contributed by atoms with E-state index in [1.807, 2.05) is 43.3 Å². The predicted molar refractivity (Wildman–Crippen MR) is 119 cm³/mol. The molecular weight excluding hydrogens is 414 g/mol. The van der Waals surface area contributed by atoms with Gasteiger partial charge in [0, 0.05) is 41.8 Å². The van der Waals surface area contributed by atoms with Crippen molar-refractivity contribution in [3.8, 4) is 5.75 Å². The summed E-state index contributed by atoms with van der Waals surface area (Å²) in [5.41, 5.74) is 4.72. The summed E-state index contributed by atoms with van der Waals surface area (Å²) < 4.78 is 33.1. The molecule has 0 bridgehead atoms. The summed E-state index contributed by atoms with van der Waals surface area (Å²) in [6, 6.07) is 11.7. The SMILES string of the molecule is COc1ccc(Nc2cc(C)nc([C@H]3CCN(S(=O)(=O)c4c(C)n[nH]c4C)C3)c2)cc1. The largest absolute Gasteiger partial charge is 0.497 e. The van der Waals surface area contributed by atoms with Crippen molar-refractivity contribution in [2.75, 3.05) is 25.5 Å². The fourth-order valence-corrected chi connectivity index (χ4v) is 5.89. The summed E-state index contributed by atoms with van der Waals surface area (Å²) in [5, 5.41) is 10.2. The molecule has 1 aliphatic heterocycles. The Bertz CT molecular complexity index is 1170. The van der Waals surface area contributed by atoms with Crippen molar-refractivity contribution in [1.29, 1.82) is 0 Å². The van der Waals surface area contributed by atoms with E-state index in [1.54, 1.807) is 25.3 Å². The van der Waals surface area contributed by atoms with Crippen LogP contribution in [0.5, 0.6) is 5.75 Å². The lowest BCUT2D eigenvalue weighted by Gasteiger charge is -2.17. The Kier molecular flexibility index (Phi) is 5.72. The van der Waals surface area contributed by atoms with Gasteiger partial charge in [0.25, 0.3) is 0 Å². The summed E-state index contributed by atoms with van der Waals surface area (Å²) in [6.07, 6.45) is 0.730. The summed E-state index contributed by atoms with van der Waals surface area (Å²) in [6.45, 7) is 6.27. The summed E-state index contributed by atoms with van der Waals surface area (Å²) in [4.78, 5) is 4.98. The minimum atomic E-state index is -3.59. The van der Waals surface area contributed by atoms with Crippen molar-refractivity contribution >= 4 is 21.4 Å². The molecule has 0 amide bonds. The molecule has 164 valence electrons. The third-order valence-corrected chi connectivity index (χ3v) is 7.71. The minimum Gasteiger partial charge on any atom is -0.497 e. The molecule has 0 spiro atoms. The molecule has 2 N–H and O–H groups in total. The minimum absolute atomic E-state index is 0.0404. The first kappa shape index (κ1) is 21.3. The smallest absolute Gasteiger partial charge is 0.246 e. The van der Waals surface area contributed by atoms with Gasteiger partial charge in [-0.2, -0.15) is 9.40 Å². The van der Waals surface area contributed by atoms with E-state index in [9.17, 15) is 8.42 Å². The maximum absolute atomic E-state index is 13.2. The van der Waals surface area contributed by atoms with Crippen molar-refractivity contribution in [2.24, 2.45) is 0 Å². The van der Waals surface area contributed by atoms with Crippen molar-refractivity contribution < 1.29 is 13.2 Å². The number of H-pyrrole nitrogens is 1. The van der Waals surface area contributed by atoms with Crippen LogP contribution >= 0.6 is 0 Å². The van der Waals surface area contributed by atoms with Gasteiger partial charge in [0.1, 0.15) is 10.6 Å². The van der Waals surface area contributed by atoms with E-state index in [2.05, 4.69) is 15.5 Å². The molecule has 0 radical (unpaired) electrons. The summed E-state index contributed by atoms with van der Waals surface area (Å²) >= 11 is 0. The van der Waals surface area contributed by atoms with Crippen LogP contribution in [0.15, 0.2) is 41.3 Å². The molecule has 0 aliphatic carbocycles. The van der Waals surface area contributed by atoms with Gasteiger partial charge in [-0.1, -0.05) is 0 Å². The molecule has 1 aromatic carbocycles. The number of nitrogens with zero attached hydrogens (tertiary/aromatic N) is 3.